The molecular formula is C14H18N4. The van der Waals surface area contributed by atoms with E-state index in [9.17, 15) is 0 Å². The monoisotopic (exact) mass is 242 g/mol. The molecule has 3 rings (SSSR count). The van der Waals surface area contributed by atoms with Crippen LogP contribution in [0.4, 0.5) is 5.95 Å². The maximum Gasteiger partial charge on any atom is 0.207 e. The van der Waals surface area contributed by atoms with Gasteiger partial charge in [0.2, 0.25) is 5.95 Å². The maximum absolute atomic E-state index is 4.42. The number of imidazole rings is 1. The smallest absolute Gasteiger partial charge is 0.207 e. The van der Waals surface area contributed by atoms with Crippen LogP contribution in [0.5, 0.6) is 0 Å². The summed E-state index contributed by atoms with van der Waals surface area (Å²) in [5, 5.41) is 3.54. The standard InChI is InChI=1S/C14H18N4/c1-11-6-7-15-10-13(11)18-9-8-16-14(18)17-12-4-2-3-5-12/h6-10,12H,2-5H2,1H3,(H,16,17). The molecule has 1 N–H and O–H groups in total. The molecule has 1 aliphatic rings. The van der Waals surface area contributed by atoms with E-state index in [1.807, 2.05) is 30.9 Å². The highest BCUT2D eigenvalue weighted by Crippen LogP contribution is 2.23. The molecule has 0 bridgehead atoms. The molecule has 0 unspecified atom stereocenters. The van der Waals surface area contributed by atoms with E-state index in [1.165, 1.54) is 31.2 Å². The van der Waals surface area contributed by atoms with Crippen LogP contribution in [0, 0.1) is 6.92 Å². The van der Waals surface area contributed by atoms with Crippen molar-refractivity contribution in [3.05, 3.63) is 36.4 Å². The SMILES string of the molecule is Cc1ccncc1-n1ccnc1NC1CCCC1. The van der Waals surface area contributed by atoms with E-state index in [-0.39, 0.29) is 0 Å². The summed E-state index contributed by atoms with van der Waals surface area (Å²) in [4.78, 5) is 8.62. The van der Waals surface area contributed by atoms with Crippen LogP contribution in [0.3, 0.4) is 0 Å². The molecule has 18 heavy (non-hydrogen) atoms. The highest BCUT2D eigenvalue weighted by molar-refractivity contribution is 5.45. The van der Waals surface area contributed by atoms with E-state index in [1.54, 1.807) is 0 Å². The van der Waals surface area contributed by atoms with Crippen molar-refractivity contribution < 1.29 is 0 Å². The summed E-state index contributed by atoms with van der Waals surface area (Å²) in [6.45, 7) is 2.09. The van der Waals surface area contributed by atoms with E-state index in [0.29, 0.717) is 6.04 Å². The second-order valence-corrected chi connectivity index (χ2v) is 4.91. The summed E-state index contributed by atoms with van der Waals surface area (Å²) in [5.74, 6) is 0.929. The van der Waals surface area contributed by atoms with Crippen LogP contribution >= 0.6 is 0 Å². The van der Waals surface area contributed by atoms with Gasteiger partial charge in [-0.25, -0.2) is 4.98 Å². The van der Waals surface area contributed by atoms with Crippen LogP contribution in [-0.2, 0) is 0 Å². The van der Waals surface area contributed by atoms with Crippen molar-refractivity contribution in [2.45, 2.75) is 38.6 Å². The Morgan fingerprint density at radius 1 is 1.28 bits per heavy atom. The summed E-state index contributed by atoms with van der Waals surface area (Å²) in [7, 11) is 0. The minimum Gasteiger partial charge on any atom is -0.353 e. The molecule has 4 nitrogen and oxygen atoms in total. The van der Waals surface area contributed by atoms with Gasteiger partial charge in [0.15, 0.2) is 0 Å². The number of pyridine rings is 1. The first kappa shape index (κ1) is 11.3. The quantitative estimate of drug-likeness (QED) is 0.899. The molecule has 4 heteroatoms. The van der Waals surface area contributed by atoms with Gasteiger partial charge in [0.25, 0.3) is 0 Å². The Bertz CT molecular complexity index is 526. The second kappa shape index (κ2) is 4.80. The highest BCUT2D eigenvalue weighted by atomic mass is 15.2. The summed E-state index contributed by atoms with van der Waals surface area (Å²) >= 11 is 0. The van der Waals surface area contributed by atoms with Gasteiger partial charge in [-0.3, -0.25) is 9.55 Å². The van der Waals surface area contributed by atoms with Crippen LogP contribution in [0.2, 0.25) is 0 Å². The first-order chi connectivity index (χ1) is 8.84. The summed E-state index contributed by atoms with van der Waals surface area (Å²) in [5.41, 5.74) is 2.30. The Labute approximate surface area is 107 Å². The predicted molar refractivity (Wildman–Crippen MR) is 72.0 cm³/mol. The molecule has 1 saturated carbocycles. The van der Waals surface area contributed by atoms with E-state index in [0.717, 1.165) is 11.6 Å². The van der Waals surface area contributed by atoms with Crippen LogP contribution in [0.25, 0.3) is 5.69 Å². The lowest BCUT2D eigenvalue weighted by molar-refractivity contribution is 0.740. The molecule has 0 radical (unpaired) electrons. The van der Waals surface area contributed by atoms with E-state index < -0.39 is 0 Å². The Hall–Kier alpha value is -1.84. The molecule has 0 saturated heterocycles. The van der Waals surface area contributed by atoms with Gasteiger partial charge in [0.05, 0.1) is 11.9 Å². The van der Waals surface area contributed by atoms with Gasteiger partial charge in [-0.2, -0.15) is 0 Å². The zero-order chi connectivity index (χ0) is 12.4. The number of aromatic nitrogens is 3. The van der Waals surface area contributed by atoms with Gasteiger partial charge in [0, 0.05) is 24.6 Å². The fourth-order valence-electron chi connectivity index (χ4n) is 2.57. The number of nitrogens with one attached hydrogen (secondary N) is 1. The molecule has 0 spiro atoms. The van der Waals surface area contributed by atoms with Gasteiger partial charge in [0.1, 0.15) is 0 Å². The van der Waals surface area contributed by atoms with Crippen LogP contribution in [0.1, 0.15) is 31.2 Å². The third-order valence-corrected chi connectivity index (χ3v) is 3.60. The number of aryl methyl sites for hydroxylation is 1. The average molecular weight is 242 g/mol. The first-order valence-corrected chi connectivity index (χ1v) is 6.55. The maximum atomic E-state index is 4.42. The van der Waals surface area contributed by atoms with Gasteiger partial charge < -0.3 is 5.32 Å². The third-order valence-electron chi connectivity index (χ3n) is 3.60. The molecule has 94 valence electrons. The van der Waals surface area contributed by atoms with Crippen molar-refractivity contribution in [3.63, 3.8) is 0 Å². The molecule has 2 heterocycles. The summed E-state index contributed by atoms with van der Waals surface area (Å²) in [6.07, 6.45) is 12.7. The molecule has 0 aromatic carbocycles. The van der Waals surface area contributed by atoms with Crippen molar-refractivity contribution in [1.82, 2.24) is 14.5 Å². The minimum absolute atomic E-state index is 0.572. The van der Waals surface area contributed by atoms with Crippen LogP contribution in [-0.4, -0.2) is 20.6 Å². The molecule has 1 aliphatic carbocycles. The Balaban J connectivity index is 1.89. The van der Waals surface area contributed by atoms with E-state index in [4.69, 9.17) is 0 Å². The fraction of sp³-hybridized carbons (Fsp3) is 0.429. The van der Waals surface area contributed by atoms with Crippen molar-refractivity contribution in [3.8, 4) is 5.69 Å². The first-order valence-electron chi connectivity index (χ1n) is 6.55. The second-order valence-electron chi connectivity index (χ2n) is 4.91. The Morgan fingerprint density at radius 3 is 2.89 bits per heavy atom. The minimum atomic E-state index is 0.572. The largest absolute Gasteiger partial charge is 0.353 e. The number of hydrogen-bond donors (Lipinski definition) is 1. The Morgan fingerprint density at radius 2 is 2.11 bits per heavy atom. The molecule has 0 amide bonds. The van der Waals surface area contributed by atoms with E-state index in [2.05, 4.69) is 26.8 Å². The fourth-order valence-corrected chi connectivity index (χ4v) is 2.57. The van der Waals surface area contributed by atoms with Gasteiger partial charge in [-0.15, -0.1) is 0 Å². The van der Waals surface area contributed by atoms with Crippen molar-refractivity contribution in [1.29, 1.82) is 0 Å². The highest BCUT2D eigenvalue weighted by Gasteiger charge is 2.17. The zero-order valence-electron chi connectivity index (χ0n) is 10.6. The Kier molecular flexibility index (Phi) is 3.00. The lowest BCUT2D eigenvalue weighted by Crippen LogP contribution is -2.17. The van der Waals surface area contributed by atoms with E-state index >= 15 is 0 Å². The third kappa shape index (κ3) is 2.10. The van der Waals surface area contributed by atoms with Crippen LogP contribution < -0.4 is 5.32 Å². The molecule has 0 atom stereocenters. The lowest BCUT2D eigenvalue weighted by Gasteiger charge is -2.15. The molecule has 0 aliphatic heterocycles. The number of anilines is 1. The number of rotatable bonds is 3. The molecule has 1 fully saturated rings. The molecule has 2 aromatic heterocycles. The van der Waals surface area contributed by atoms with Crippen molar-refractivity contribution >= 4 is 5.95 Å². The number of nitrogens with zero attached hydrogens (tertiary/aromatic N) is 3. The van der Waals surface area contributed by atoms with Crippen molar-refractivity contribution in [2.24, 2.45) is 0 Å². The zero-order valence-corrected chi connectivity index (χ0v) is 10.6. The van der Waals surface area contributed by atoms with Gasteiger partial charge >= 0.3 is 0 Å². The predicted octanol–water partition coefficient (Wildman–Crippen LogP) is 2.93. The van der Waals surface area contributed by atoms with Gasteiger partial charge in [-0.05, 0) is 31.4 Å². The summed E-state index contributed by atoms with van der Waals surface area (Å²) < 4.78 is 2.08. The summed E-state index contributed by atoms with van der Waals surface area (Å²) in [6, 6.07) is 2.59. The van der Waals surface area contributed by atoms with Crippen molar-refractivity contribution in [2.75, 3.05) is 5.32 Å². The normalized spacial score (nSPS) is 16.1. The topological polar surface area (TPSA) is 42.7 Å². The molecular weight excluding hydrogens is 224 g/mol. The lowest BCUT2D eigenvalue weighted by atomic mass is 10.2. The van der Waals surface area contributed by atoms with Crippen LogP contribution in [0.15, 0.2) is 30.9 Å². The number of hydrogen-bond acceptors (Lipinski definition) is 3. The molecule has 2 aromatic rings. The average Bonchev–Trinajstić information content (AvgIpc) is 3.02. The van der Waals surface area contributed by atoms with Gasteiger partial charge in [-0.1, -0.05) is 12.8 Å².